The maximum atomic E-state index is 9.19. The Labute approximate surface area is 82.7 Å². The van der Waals surface area contributed by atoms with E-state index in [1.165, 1.54) is 0 Å². The molecule has 0 aromatic carbocycles. The van der Waals surface area contributed by atoms with Crippen molar-refractivity contribution in [3.63, 3.8) is 0 Å². The molecule has 14 heavy (non-hydrogen) atoms. The van der Waals surface area contributed by atoms with Crippen molar-refractivity contribution >= 4 is 0 Å². The van der Waals surface area contributed by atoms with Gasteiger partial charge in [0.1, 0.15) is 12.2 Å². The van der Waals surface area contributed by atoms with Crippen molar-refractivity contribution in [3.05, 3.63) is 0 Å². The average Bonchev–Trinajstić information content (AvgIpc) is 2.18. The lowest BCUT2D eigenvalue weighted by molar-refractivity contribution is -0.0507. The van der Waals surface area contributed by atoms with Gasteiger partial charge in [0.25, 0.3) is 0 Å². The molecule has 0 fully saturated rings. The third kappa shape index (κ3) is 8.36. The van der Waals surface area contributed by atoms with Crippen LogP contribution in [-0.2, 0) is 9.47 Å². The Bertz CT molecular complexity index is 120. The molecule has 0 bridgehead atoms. The van der Waals surface area contributed by atoms with E-state index in [1.54, 1.807) is 0 Å². The van der Waals surface area contributed by atoms with Crippen LogP contribution in [0.3, 0.4) is 0 Å². The van der Waals surface area contributed by atoms with Gasteiger partial charge in [0.2, 0.25) is 0 Å². The molecule has 0 heterocycles. The van der Waals surface area contributed by atoms with E-state index in [-0.39, 0.29) is 39.6 Å². The first-order valence-electron chi connectivity index (χ1n) is 4.44. The number of aliphatic hydroxyl groups excluding tert-OH is 4. The van der Waals surface area contributed by atoms with Gasteiger partial charge < -0.3 is 29.9 Å². The molecule has 0 aliphatic carbocycles. The van der Waals surface area contributed by atoms with Crippen LogP contribution >= 0.6 is 0 Å². The van der Waals surface area contributed by atoms with E-state index >= 15 is 0 Å². The summed E-state index contributed by atoms with van der Waals surface area (Å²) in [4.78, 5) is 0. The minimum atomic E-state index is -0.916. The van der Waals surface area contributed by atoms with Gasteiger partial charge in [-0.1, -0.05) is 0 Å². The fourth-order valence-electron chi connectivity index (χ4n) is 0.725. The molecule has 0 saturated carbocycles. The summed E-state index contributed by atoms with van der Waals surface area (Å²) in [5, 5.41) is 34.8. The lowest BCUT2D eigenvalue weighted by atomic mass is 10.4. The highest BCUT2D eigenvalue weighted by Gasteiger charge is 2.06. The van der Waals surface area contributed by atoms with Crippen molar-refractivity contribution in [2.75, 3.05) is 39.6 Å². The summed E-state index contributed by atoms with van der Waals surface area (Å²) in [7, 11) is 0. The van der Waals surface area contributed by atoms with Crippen molar-refractivity contribution in [2.45, 2.75) is 12.2 Å². The zero-order valence-corrected chi connectivity index (χ0v) is 8.00. The Morgan fingerprint density at radius 1 is 0.857 bits per heavy atom. The Kier molecular flexibility index (Phi) is 9.16. The molecule has 0 radical (unpaired) electrons. The van der Waals surface area contributed by atoms with Crippen LogP contribution in [0.4, 0.5) is 0 Å². The van der Waals surface area contributed by atoms with E-state index < -0.39 is 12.2 Å². The van der Waals surface area contributed by atoms with E-state index in [0.29, 0.717) is 0 Å². The number of hydrogen-bond donors (Lipinski definition) is 4. The molecule has 2 atom stereocenters. The summed E-state index contributed by atoms with van der Waals surface area (Å²) in [6.45, 7) is -0.184. The summed E-state index contributed by atoms with van der Waals surface area (Å²) in [6, 6.07) is 0. The van der Waals surface area contributed by atoms with Crippen LogP contribution in [0.1, 0.15) is 0 Å². The first kappa shape index (κ1) is 13.8. The lowest BCUT2D eigenvalue weighted by Crippen LogP contribution is -2.26. The summed E-state index contributed by atoms with van der Waals surface area (Å²) in [6.07, 6.45) is -1.70. The largest absolute Gasteiger partial charge is 0.394 e. The molecule has 86 valence electrons. The second-order valence-corrected chi connectivity index (χ2v) is 2.83. The van der Waals surface area contributed by atoms with E-state index in [0.717, 1.165) is 0 Å². The van der Waals surface area contributed by atoms with Crippen molar-refractivity contribution in [2.24, 2.45) is 0 Å². The first-order valence-corrected chi connectivity index (χ1v) is 4.44. The van der Waals surface area contributed by atoms with E-state index in [9.17, 15) is 5.11 Å². The van der Waals surface area contributed by atoms with Crippen LogP contribution in [0.5, 0.6) is 0 Å². The summed E-state index contributed by atoms with van der Waals surface area (Å²) in [5.41, 5.74) is 0. The molecule has 4 N–H and O–H groups in total. The van der Waals surface area contributed by atoms with Crippen LogP contribution in [0.25, 0.3) is 0 Å². The molecule has 0 aliphatic rings. The average molecular weight is 210 g/mol. The van der Waals surface area contributed by atoms with E-state index in [1.807, 2.05) is 0 Å². The maximum absolute atomic E-state index is 9.19. The van der Waals surface area contributed by atoms with Gasteiger partial charge in [0, 0.05) is 0 Å². The van der Waals surface area contributed by atoms with Crippen molar-refractivity contribution < 1.29 is 29.9 Å². The molecule has 0 spiro atoms. The maximum Gasteiger partial charge on any atom is 0.101 e. The topological polar surface area (TPSA) is 99.4 Å². The summed E-state index contributed by atoms with van der Waals surface area (Å²) < 4.78 is 9.71. The van der Waals surface area contributed by atoms with Crippen LogP contribution in [-0.4, -0.2) is 72.3 Å². The highest BCUT2D eigenvalue weighted by Crippen LogP contribution is 1.90. The first-order chi connectivity index (χ1) is 6.70. The molecule has 0 aromatic rings. The Hall–Kier alpha value is -0.240. The molecule has 2 unspecified atom stereocenters. The third-order valence-corrected chi connectivity index (χ3v) is 1.38. The van der Waals surface area contributed by atoms with Gasteiger partial charge in [-0.3, -0.25) is 0 Å². The number of rotatable bonds is 9. The fourth-order valence-corrected chi connectivity index (χ4v) is 0.725. The minimum Gasteiger partial charge on any atom is -0.394 e. The van der Waals surface area contributed by atoms with E-state index in [2.05, 4.69) is 0 Å². The van der Waals surface area contributed by atoms with Crippen LogP contribution in [0, 0.1) is 0 Å². The highest BCUT2D eigenvalue weighted by atomic mass is 16.5. The van der Waals surface area contributed by atoms with Crippen LogP contribution < -0.4 is 0 Å². The van der Waals surface area contributed by atoms with Gasteiger partial charge in [-0.05, 0) is 0 Å². The standard InChI is InChI=1S/C8H18O6/c9-1-2-13-5-8(12)6-14-4-7(11)3-10/h7-12H,1-6H2. The normalized spacial score (nSPS) is 15.4. The minimum absolute atomic E-state index is 0.0203. The van der Waals surface area contributed by atoms with Gasteiger partial charge in [-0.15, -0.1) is 0 Å². The molecular formula is C8H18O6. The number of hydrogen-bond acceptors (Lipinski definition) is 6. The zero-order chi connectivity index (χ0) is 10.8. The molecule has 0 amide bonds. The van der Waals surface area contributed by atoms with Crippen LogP contribution in [0.15, 0.2) is 0 Å². The SMILES string of the molecule is OCCOCC(O)COCC(O)CO. The number of aliphatic hydroxyl groups is 4. The molecular weight excluding hydrogens is 192 g/mol. The summed E-state index contributed by atoms with van der Waals surface area (Å²) >= 11 is 0. The second kappa shape index (κ2) is 9.32. The highest BCUT2D eigenvalue weighted by molar-refractivity contribution is 4.54. The molecule has 0 aromatic heterocycles. The van der Waals surface area contributed by atoms with Crippen LogP contribution in [0.2, 0.25) is 0 Å². The van der Waals surface area contributed by atoms with Gasteiger partial charge in [0.05, 0.1) is 39.6 Å². The van der Waals surface area contributed by atoms with Crippen molar-refractivity contribution in [3.8, 4) is 0 Å². The Morgan fingerprint density at radius 2 is 1.43 bits per heavy atom. The Morgan fingerprint density at radius 3 is 2.00 bits per heavy atom. The number of ether oxygens (including phenoxy) is 2. The summed E-state index contributed by atoms with van der Waals surface area (Å²) in [5.74, 6) is 0. The Balaban J connectivity index is 3.21. The molecule has 6 nitrogen and oxygen atoms in total. The quantitative estimate of drug-likeness (QED) is 0.320. The van der Waals surface area contributed by atoms with Gasteiger partial charge in [-0.2, -0.15) is 0 Å². The molecule has 0 saturated heterocycles. The van der Waals surface area contributed by atoms with Crippen molar-refractivity contribution in [1.82, 2.24) is 0 Å². The van der Waals surface area contributed by atoms with Gasteiger partial charge in [0.15, 0.2) is 0 Å². The predicted molar refractivity (Wildman–Crippen MR) is 47.8 cm³/mol. The van der Waals surface area contributed by atoms with Gasteiger partial charge >= 0.3 is 0 Å². The zero-order valence-electron chi connectivity index (χ0n) is 8.00. The monoisotopic (exact) mass is 210 g/mol. The molecule has 6 heteroatoms. The lowest BCUT2D eigenvalue weighted by Gasteiger charge is -2.12. The molecule has 0 rings (SSSR count). The van der Waals surface area contributed by atoms with Gasteiger partial charge in [-0.25, -0.2) is 0 Å². The third-order valence-electron chi connectivity index (χ3n) is 1.38. The second-order valence-electron chi connectivity index (χ2n) is 2.83. The van der Waals surface area contributed by atoms with E-state index in [4.69, 9.17) is 24.8 Å². The van der Waals surface area contributed by atoms with Crippen molar-refractivity contribution in [1.29, 1.82) is 0 Å². The predicted octanol–water partition coefficient (Wildman–Crippen LogP) is -2.27. The molecule has 0 aliphatic heterocycles. The smallest absolute Gasteiger partial charge is 0.101 e. The fraction of sp³-hybridized carbons (Fsp3) is 1.00.